The minimum atomic E-state index is -0.167. The van der Waals surface area contributed by atoms with Gasteiger partial charge < -0.3 is 15.5 Å². The van der Waals surface area contributed by atoms with E-state index < -0.39 is 0 Å². The van der Waals surface area contributed by atoms with Crippen molar-refractivity contribution in [2.24, 2.45) is 17.8 Å². The first-order valence-electron chi connectivity index (χ1n) is 8.46. The van der Waals surface area contributed by atoms with Crippen LogP contribution in [0.2, 0.25) is 0 Å². The molecule has 0 aromatic carbocycles. The molecule has 3 rings (SSSR count). The van der Waals surface area contributed by atoms with Crippen LogP contribution in [0.15, 0.2) is 22.8 Å². The molecule has 2 aliphatic heterocycles. The molecule has 2 atom stereocenters. The van der Waals surface area contributed by atoms with Gasteiger partial charge in [0, 0.05) is 29.7 Å². The third-order valence-electron chi connectivity index (χ3n) is 4.99. The Balaban J connectivity index is 0.00000169. The number of anilines is 1. The summed E-state index contributed by atoms with van der Waals surface area (Å²) in [6.45, 7) is 5.10. The number of nitrogens with zero attached hydrogens (tertiary/aromatic N) is 2. The fourth-order valence-corrected chi connectivity index (χ4v) is 3.46. The van der Waals surface area contributed by atoms with Gasteiger partial charge in [0.05, 0.1) is 5.92 Å². The lowest BCUT2D eigenvalue weighted by atomic mass is 9.87. The number of halogens is 3. The van der Waals surface area contributed by atoms with Gasteiger partial charge in [0.1, 0.15) is 5.82 Å². The topological polar surface area (TPSA) is 74.3 Å². The van der Waals surface area contributed by atoms with Gasteiger partial charge in [-0.05, 0) is 59.9 Å². The Morgan fingerprint density at radius 1 is 1.35 bits per heavy atom. The molecular formula is C17H25BrCl2N4O2. The second kappa shape index (κ2) is 10.4. The van der Waals surface area contributed by atoms with Crippen LogP contribution in [0.1, 0.15) is 19.8 Å². The van der Waals surface area contributed by atoms with Crippen LogP contribution < -0.4 is 10.6 Å². The van der Waals surface area contributed by atoms with E-state index >= 15 is 0 Å². The molecule has 146 valence electrons. The highest BCUT2D eigenvalue weighted by Gasteiger charge is 2.35. The molecule has 26 heavy (non-hydrogen) atoms. The van der Waals surface area contributed by atoms with Crippen LogP contribution in [0.25, 0.3) is 0 Å². The number of aromatic nitrogens is 1. The molecule has 1 aromatic rings. The van der Waals surface area contributed by atoms with Crippen LogP contribution in [0.4, 0.5) is 5.82 Å². The van der Waals surface area contributed by atoms with Crippen LogP contribution in [0, 0.1) is 17.8 Å². The number of carbonyl (C=O) groups is 2. The van der Waals surface area contributed by atoms with Crippen LogP contribution >= 0.6 is 40.7 Å². The summed E-state index contributed by atoms with van der Waals surface area (Å²) in [6, 6.07) is 3.60. The molecule has 2 unspecified atom stereocenters. The van der Waals surface area contributed by atoms with Crippen molar-refractivity contribution in [3.63, 3.8) is 0 Å². The summed E-state index contributed by atoms with van der Waals surface area (Å²) in [4.78, 5) is 31.2. The molecule has 2 N–H and O–H groups in total. The highest BCUT2D eigenvalue weighted by molar-refractivity contribution is 9.10. The van der Waals surface area contributed by atoms with Crippen molar-refractivity contribution in [1.82, 2.24) is 15.2 Å². The number of amides is 2. The lowest BCUT2D eigenvalue weighted by Gasteiger charge is -2.38. The van der Waals surface area contributed by atoms with Crippen molar-refractivity contribution >= 4 is 58.4 Å². The lowest BCUT2D eigenvalue weighted by molar-refractivity contribution is -0.140. The van der Waals surface area contributed by atoms with Crippen molar-refractivity contribution in [2.75, 3.05) is 31.5 Å². The van der Waals surface area contributed by atoms with Gasteiger partial charge in [-0.25, -0.2) is 4.98 Å². The number of pyridine rings is 1. The molecule has 2 amide bonds. The van der Waals surface area contributed by atoms with Gasteiger partial charge in [0.25, 0.3) is 0 Å². The number of rotatable bonds is 4. The zero-order valence-electron chi connectivity index (χ0n) is 14.6. The highest BCUT2D eigenvalue weighted by Crippen LogP contribution is 2.24. The van der Waals surface area contributed by atoms with Crippen molar-refractivity contribution in [2.45, 2.75) is 19.8 Å². The van der Waals surface area contributed by atoms with Crippen molar-refractivity contribution < 1.29 is 9.59 Å². The largest absolute Gasteiger partial charge is 0.342 e. The van der Waals surface area contributed by atoms with Crippen LogP contribution in [-0.4, -0.2) is 47.9 Å². The number of piperidine rings is 1. The summed E-state index contributed by atoms with van der Waals surface area (Å²) in [5.41, 5.74) is 0. The van der Waals surface area contributed by atoms with Crippen LogP contribution in [0.3, 0.4) is 0 Å². The smallest absolute Gasteiger partial charge is 0.230 e. The van der Waals surface area contributed by atoms with Gasteiger partial charge in [0.15, 0.2) is 0 Å². The summed E-state index contributed by atoms with van der Waals surface area (Å²) < 4.78 is 0.870. The normalized spacial score (nSPS) is 20.8. The van der Waals surface area contributed by atoms with Gasteiger partial charge >= 0.3 is 0 Å². The van der Waals surface area contributed by atoms with Crippen molar-refractivity contribution in [3.05, 3.63) is 22.8 Å². The molecule has 3 heterocycles. The van der Waals surface area contributed by atoms with Gasteiger partial charge in [0.2, 0.25) is 11.8 Å². The maximum Gasteiger partial charge on any atom is 0.230 e. The average Bonchev–Trinajstić information content (AvgIpc) is 2.54. The average molecular weight is 468 g/mol. The predicted octanol–water partition coefficient (Wildman–Crippen LogP) is 2.72. The predicted molar refractivity (Wildman–Crippen MR) is 110 cm³/mol. The first-order valence-corrected chi connectivity index (χ1v) is 9.26. The van der Waals surface area contributed by atoms with E-state index in [4.69, 9.17) is 0 Å². The molecule has 1 aromatic heterocycles. The SMILES string of the molecule is CC(C(=O)N1CCCC(C(=O)Nc2ccc(Br)cn2)C1)C1CNC1.Cl.Cl. The summed E-state index contributed by atoms with van der Waals surface area (Å²) >= 11 is 3.32. The molecule has 0 aliphatic carbocycles. The van der Waals surface area contributed by atoms with Gasteiger partial charge in [-0.3, -0.25) is 9.59 Å². The molecule has 0 radical (unpaired) electrons. The minimum Gasteiger partial charge on any atom is -0.342 e. The zero-order chi connectivity index (χ0) is 17.1. The quantitative estimate of drug-likeness (QED) is 0.713. The molecule has 0 saturated carbocycles. The van der Waals surface area contributed by atoms with Gasteiger partial charge in [-0.15, -0.1) is 24.8 Å². The molecule has 2 aliphatic rings. The Hall–Kier alpha value is -0.890. The van der Waals surface area contributed by atoms with E-state index in [-0.39, 0.29) is 48.5 Å². The summed E-state index contributed by atoms with van der Waals surface area (Å²) in [5, 5.41) is 6.07. The zero-order valence-corrected chi connectivity index (χ0v) is 17.8. The fraction of sp³-hybridized carbons (Fsp3) is 0.588. The van der Waals surface area contributed by atoms with Crippen molar-refractivity contribution in [3.8, 4) is 0 Å². The van der Waals surface area contributed by atoms with E-state index in [0.29, 0.717) is 18.3 Å². The van der Waals surface area contributed by atoms with E-state index in [1.807, 2.05) is 17.9 Å². The second-order valence-corrected chi connectivity index (χ2v) is 7.60. The van der Waals surface area contributed by atoms with Crippen LogP contribution in [0.5, 0.6) is 0 Å². The molecule has 0 spiro atoms. The Morgan fingerprint density at radius 3 is 2.65 bits per heavy atom. The molecular weight excluding hydrogens is 443 g/mol. The fourth-order valence-electron chi connectivity index (χ4n) is 3.22. The van der Waals surface area contributed by atoms with E-state index in [1.54, 1.807) is 12.3 Å². The van der Waals surface area contributed by atoms with Crippen LogP contribution in [-0.2, 0) is 9.59 Å². The summed E-state index contributed by atoms with van der Waals surface area (Å²) in [5.74, 6) is 0.960. The first kappa shape index (κ1) is 23.1. The van der Waals surface area contributed by atoms with E-state index in [0.717, 1.165) is 36.9 Å². The Bertz CT molecular complexity index is 613. The third-order valence-corrected chi connectivity index (χ3v) is 5.46. The summed E-state index contributed by atoms with van der Waals surface area (Å²) in [7, 11) is 0. The van der Waals surface area contributed by atoms with Gasteiger partial charge in [-0.1, -0.05) is 6.92 Å². The number of hydrogen-bond acceptors (Lipinski definition) is 4. The molecule has 9 heteroatoms. The van der Waals surface area contributed by atoms with E-state index in [1.165, 1.54) is 0 Å². The van der Waals surface area contributed by atoms with E-state index in [9.17, 15) is 9.59 Å². The van der Waals surface area contributed by atoms with Crippen molar-refractivity contribution in [1.29, 1.82) is 0 Å². The lowest BCUT2D eigenvalue weighted by Crippen LogP contribution is -2.52. The second-order valence-electron chi connectivity index (χ2n) is 6.68. The Morgan fingerprint density at radius 2 is 2.08 bits per heavy atom. The number of hydrogen-bond donors (Lipinski definition) is 2. The molecule has 2 fully saturated rings. The van der Waals surface area contributed by atoms with E-state index in [2.05, 4.69) is 31.5 Å². The first-order chi connectivity index (χ1) is 11.5. The monoisotopic (exact) mass is 466 g/mol. The Labute approximate surface area is 174 Å². The highest BCUT2D eigenvalue weighted by atomic mass is 79.9. The van der Waals surface area contributed by atoms with Gasteiger partial charge in [-0.2, -0.15) is 0 Å². The minimum absolute atomic E-state index is 0. The number of carbonyl (C=O) groups excluding carboxylic acids is 2. The standard InChI is InChI=1S/C17H23BrN4O2.2ClH/c1-11(13-7-19-8-13)17(24)22-6-2-3-12(10-22)16(23)21-15-5-4-14(18)9-20-15;;/h4-5,9,11-13,19H,2-3,6-8,10H2,1H3,(H,20,21,23);2*1H. The number of nitrogens with one attached hydrogen (secondary N) is 2. The third kappa shape index (κ3) is 5.55. The molecule has 6 nitrogen and oxygen atoms in total. The molecule has 0 bridgehead atoms. The number of likely N-dealkylation sites (tertiary alicyclic amines) is 1. The Kier molecular flexibility index (Phi) is 9.30. The summed E-state index contributed by atoms with van der Waals surface area (Å²) in [6.07, 6.45) is 3.33. The maximum absolute atomic E-state index is 12.6. The maximum atomic E-state index is 12.6. The molecule has 2 saturated heterocycles.